The number of benzene rings is 2. The summed E-state index contributed by atoms with van der Waals surface area (Å²) < 4.78 is 40.3. The molecule has 2 aromatic rings. The minimum atomic E-state index is -3.70. The van der Waals surface area contributed by atoms with Crippen LogP contribution in [0.25, 0.3) is 0 Å². The van der Waals surface area contributed by atoms with Gasteiger partial charge in [-0.05, 0) is 30.5 Å². The van der Waals surface area contributed by atoms with Crippen molar-refractivity contribution in [1.82, 2.24) is 0 Å². The molecule has 0 saturated heterocycles. The van der Waals surface area contributed by atoms with Gasteiger partial charge in [0.05, 0.1) is 18.9 Å². The zero-order chi connectivity index (χ0) is 17.0. The molecule has 3 heterocycles. The third kappa shape index (κ3) is 2.16. The van der Waals surface area contributed by atoms with Gasteiger partial charge in [-0.3, -0.25) is 4.31 Å². The van der Waals surface area contributed by atoms with Crippen molar-refractivity contribution in [2.75, 3.05) is 24.1 Å². The molecule has 0 aromatic heterocycles. The molecule has 0 saturated carbocycles. The Balaban J connectivity index is 1.72. The molecule has 5 nitrogen and oxygen atoms in total. The lowest BCUT2D eigenvalue weighted by molar-refractivity contribution is 0.348. The number of ether oxygens (including phenoxy) is 2. The Morgan fingerprint density at radius 1 is 0.960 bits per heavy atom. The Bertz CT molecular complexity index is 935. The minimum Gasteiger partial charge on any atom is -0.493 e. The number of rotatable bonds is 2. The van der Waals surface area contributed by atoms with Crippen molar-refractivity contribution in [2.24, 2.45) is 0 Å². The summed E-state index contributed by atoms with van der Waals surface area (Å²) in [6.45, 7) is 1.55. The summed E-state index contributed by atoms with van der Waals surface area (Å²) in [5.74, 6) is 1.24. The van der Waals surface area contributed by atoms with Crippen LogP contribution in [-0.2, 0) is 29.3 Å². The van der Waals surface area contributed by atoms with Crippen LogP contribution in [0.3, 0.4) is 0 Å². The van der Waals surface area contributed by atoms with Crippen molar-refractivity contribution in [1.29, 1.82) is 0 Å². The lowest BCUT2D eigenvalue weighted by atomic mass is 10.0. The fourth-order valence-electron chi connectivity index (χ4n) is 4.07. The van der Waals surface area contributed by atoms with E-state index in [2.05, 4.69) is 0 Å². The highest BCUT2D eigenvalue weighted by molar-refractivity contribution is 7.93. The van der Waals surface area contributed by atoms with Crippen molar-refractivity contribution in [2.45, 2.75) is 30.6 Å². The average Bonchev–Trinajstić information content (AvgIpc) is 3.27. The first kappa shape index (κ1) is 15.1. The predicted molar refractivity (Wildman–Crippen MR) is 94.1 cm³/mol. The maximum atomic E-state index is 13.7. The Labute approximate surface area is 147 Å². The number of para-hydroxylation sites is 1. The number of nitrogens with zero attached hydrogens (tertiary/aromatic N) is 1. The SMILES string of the molecule is O=S(=O)(c1c2c(cc3c1OCC3)OCC2)N1CCCc2ccccc21. The molecular weight excluding hydrogens is 338 g/mol. The number of sulfonamides is 1. The van der Waals surface area contributed by atoms with Crippen molar-refractivity contribution in [3.05, 3.63) is 47.0 Å². The minimum absolute atomic E-state index is 0.326. The predicted octanol–water partition coefficient (Wildman–Crippen LogP) is 2.70. The van der Waals surface area contributed by atoms with Crippen LogP contribution in [0.5, 0.6) is 11.5 Å². The molecule has 3 aliphatic heterocycles. The van der Waals surface area contributed by atoms with Crippen LogP contribution >= 0.6 is 0 Å². The summed E-state index contributed by atoms with van der Waals surface area (Å²) >= 11 is 0. The normalized spacial score (nSPS) is 18.2. The molecule has 2 aromatic carbocycles. The van der Waals surface area contributed by atoms with E-state index < -0.39 is 10.0 Å². The smallest absolute Gasteiger partial charge is 0.268 e. The van der Waals surface area contributed by atoms with E-state index in [0.717, 1.165) is 41.6 Å². The second kappa shape index (κ2) is 5.39. The van der Waals surface area contributed by atoms with E-state index in [9.17, 15) is 8.42 Å². The zero-order valence-corrected chi connectivity index (χ0v) is 14.6. The van der Waals surface area contributed by atoms with E-state index in [4.69, 9.17) is 9.47 Å². The highest BCUT2D eigenvalue weighted by Gasteiger charge is 2.38. The zero-order valence-electron chi connectivity index (χ0n) is 13.8. The fourth-order valence-corrected chi connectivity index (χ4v) is 6.04. The van der Waals surface area contributed by atoms with Gasteiger partial charge in [0.1, 0.15) is 16.4 Å². The van der Waals surface area contributed by atoms with E-state index in [-0.39, 0.29) is 0 Å². The van der Waals surface area contributed by atoms with E-state index in [1.54, 1.807) is 4.31 Å². The van der Waals surface area contributed by atoms with Crippen molar-refractivity contribution < 1.29 is 17.9 Å². The van der Waals surface area contributed by atoms with Crippen molar-refractivity contribution in [3.8, 4) is 11.5 Å². The summed E-state index contributed by atoms with van der Waals surface area (Å²) in [4.78, 5) is 0.326. The molecule has 0 radical (unpaired) electrons. The topological polar surface area (TPSA) is 55.8 Å². The molecule has 0 atom stereocenters. The summed E-state index contributed by atoms with van der Waals surface area (Å²) in [7, 11) is -3.70. The fraction of sp³-hybridized carbons (Fsp3) is 0.368. The van der Waals surface area contributed by atoms with Crippen LogP contribution < -0.4 is 13.8 Å². The lowest BCUT2D eigenvalue weighted by Crippen LogP contribution is -2.36. The number of hydrogen-bond donors (Lipinski definition) is 0. The number of fused-ring (bicyclic) bond motifs is 3. The van der Waals surface area contributed by atoms with Gasteiger partial charge in [-0.25, -0.2) is 8.42 Å². The van der Waals surface area contributed by atoms with E-state index in [0.29, 0.717) is 42.6 Å². The van der Waals surface area contributed by atoms with Gasteiger partial charge in [-0.2, -0.15) is 0 Å². The first-order chi connectivity index (χ1) is 12.2. The van der Waals surface area contributed by atoms with Crippen LogP contribution in [0.15, 0.2) is 35.2 Å². The molecule has 0 fully saturated rings. The Hall–Kier alpha value is -2.21. The molecule has 0 N–H and O–H groups in total. The summed E-state index contributed by atoms with van der Waals surface area (Å²) in [5, 5.41) is 0. The van der Waals surface area contributed by atoms with Gasteiger partial charge in [0, 0.05) is 30.5 Å². The molecule has 5 rings (SSSR count). The van der Waals surface area contributed by atoms with Crippen LogP contribution in [0.4, 0.5) is 5.69 Å². The Morgan fingerprint density at radius 3 is 2.72 bits per heavy atom. The molecule has 130 valence electrons. The van der Waals surface area contributed by atoms with Crippen molar-refractivity contribution in [3.63, 3.8) is 0 Å². The van der Waals surface area contributed by atoms with E-state index >= 15 is 0 Å². The van der Waals surface area contributed by atoms with Gasteiger partial charge >= 0.3 is 0 Å². The second-order valence-corrected chi connectivity index (χ2v) is 8.48. The van der Waals surface area contributed by atoms with Gasteiger partial charge in [0.25, 0.3) is 10.0 Å². The first-order valence-corrected chi connectivity index (χ1v) is 10.2. The summed E-state index contributed by atoms with van der Waals surface area (Å²) in [5.41, 5.74) is 3.57. The van der Waals surface area contributed by atoms with Crippen LogP contribution in [0, 0.1) is 0 Å². The molecule has 0 bridgehead atoms. The highest BCUT2D eigenvalue weighted by atomic mass is 32.2. The largest absolute Gasteiger partial charge is 0.493 e. The highest BCUT2D eigenvalue weighted by Crippen LogP contribution is 2.45. The standard InChI is InChI=1S/C19H19NO4S/c21-25(22,20-9-3-5-13-4-1-2-6-16(13)20)19-15-8-11-23-17(15)12-14-7-10-24-18(14)19/h1-2,4,6,12H,3,5,7-11H2. The van der Waals surface area contributed by atoms with Crippen LogP contribution in [0.1, 0.15) is 23.1 Å². The lowest BCUT2D eigenvalue weighted by Gasteiger charge is -2.31. The van der Waals surface area contributed by atoms with Gasteiger partial charge in [0.15, 0.2) is 0 Å². The number of hydrogen-bond acceptors (Lipinski definition) is 4. The van der Waals surface area contributed by atoms with Crippen LogP contribution in [-0.4, -0.2) is 28.2 Å². The first-order valence-electron chi connectivity index (χ1n) is 8.71. The molecular formula is C19H19NO4S. The van der Waals surface area contributed by atoms with Gasteiger partial charge in [-0.15, -0.1) is 0 Å². The number of aryl methyl sites for hydroxylation is 1. The molecule has 6 heteroatoms. The molecule has 0 amide bonds. The van der Waals surface area contributed by atoms with E-state index in [1.807, 2.05) is 30.3 Å². The van der Waals surface area contributed by atoms with Crippen LogP contribution in [0.2, 0.25) is 0 Å². The van der Waals surface area contributed by atoms with Gasteiger partial charge < -0.3 is 9.47 Å². The maximum absolute atomic E-state index is 13.7. The quantitative estimate of drug-likeness (QED) is 0.829. The molecule has 3 aliphatic rings. The average molecular weight is 357 g/mol. The third-order valence-corrected chi connectivity index (χ3v) is 7.13. The Morgan fingerprint density at radius 2 is 1.80 bits per heavy atom. The van der Waals surface area contributed by atoms with E-state index in [1.165, 1.54) is 0 Å². The third-order valence-electron chi connectivity index (χ3n) is 5.22. The number of anilines is 1. The molecule has 0 aliphatic carbocycles. The molecule has 0 spiro atoms. The Kier molecular flexibility index (Phi) is 3.25. The summed E-state index contributed by atoms with van der Waals surface area (Å²) in [6.07, 6.45) is 3.07. The summed E-state index contributed by atoms with van der Waals surface area (Å²) in [6, 6.07) is 9.72. The van der Waals surface area contributed by atoms with Gasteiger partial charge in [0.2, 0.25) is 0 Å². The molecule has 25 heavy (non-hydrogen) atoms. The second-order valence-electron chi connectivity index (χ2n) is 6.68. The van der Waals surface area contributed by atoms with Gasteiger partial charge in [-0.1, -0.05) is 18.2 Å². The monoisotopic (exact) mass is 357 g/mol. The van der Waals surface area contributed by atoms with Crippen molar-refractivity contribution >= 4 is 15.7 Å². The maximum Gasteiger partial charge on any atom is 0.268 e. The molecule has 0 unspecified atom stereocenters.